The lowest BCUT2D eigenvalue weighted by molar-refractivity contribution is -0.274. The summed E-state index contributed by atoms with van der Waals surface area (Å²) in [6.07, 6.45) is -0.671. The van der Waals surface area contributed by atoms with Gasteiger partial charge in [0.1, 0.15) is 11.5 Å². The molecule has 2 aromatic carbocycles. The lowest BCUT2D eigenvalue weighted by atomic mass is 9.85. The summed E-state index contributed by atoms with van der Waals surface area (Å²) in [5, 5.41) is 2.83. The van der Waals surface area contributed by atoms with Gasteiger partial charge in [0.2, 0.25) is 0 Å². The largest absolute Gasteiger partial charge is 0.573 e. The molecule has 0 bridgehead atoms. The number of methoxy groups -OCH3 is 1. The van der Waals surface area contributed by atoms with E-state index in [0.717, 1.165) is 17.7 Å². The number of allylic oxidation sites excluding steroid dienone is 1. The Morgan fingerprint density at radius 1 is 1.09 bits per heavy atom. The smallest absolute Gasteiger partial charge is 0.497 e. The fourth-order valence-corrected chi connectivity index (χ4v) is 3.77. The molecule has 1 aliphatic rings. The number of ether oxygens (including phenoxy) is 3. The second-order valence-corrected chi connectivity index (χ2v) is 7.44. The Bertz CT molecular complexity index is 1000. The number of carbonyl (C=O) groups excluding carboxylic acids is 2. The molecule has 2 aromatic rings. The number of carbonyl (C=O) groups is 2. The molecule has 33 heavy (non-hydrogen) atoms. The first-order valence-corrected chi connectivity index (χ1v) is 10.4. The monoisotopic (exact) mass is 463 g/mol. The van der Waals surface area contributed by atoms with Crippen LogP contribution in [0.4, 0.5) is 13.2 Å². The molecule has 1 aliphatic carbocycles. The van der Waals surface area contributed by atoms with E-state index in [2.05, 4.69) is 10.1 Å². The molecule has 6 nitrogen and oxygen atoms in total. The molecule has 3 unspecified atom stereocenters. The zero-order valence-electron chi connectivity index (χ0n) is 18.1. The molecule has 3 rings (SSSR count). The van der Waals surface area contributed by atoms with Crippen LogP contribution in [0.5, 0.6) is 11.5 Å². The van der Waals surface area contributed by atoms with Gasteiger partial charge in [0.25, 0.3) is 5.91 Å². The highest BCUT2D eigenvalue weighted by atomic mass is 19.4. The molecule has 0 radical (unpaired) electrons. The van der Waals surface area contributed by atoms with E-state index >= 15 is 0 Å². The third-order valence-electron chi connectivity index (χ3n) is 5.20. The zero-order chi connectivity index (χ0) is 24.0. The van der Waals surface area contributed by atoms with Crippen LogP contribution in [0, 0.1) is 5.92 Å². The number of benzene rings is 2. The molecule has 176 valence electrons. The molecular formula is C24H24F3NO5. The van der Waals surface area contributed by atoms with Gasteiger partial charge in [-0.25, -0.2) is 0 Å². The molecule has 0 spiro atoms. The first kappa shape index (κ1) is 24.2. The Hall–Kier alpha value is -3.49. The van der Waals surface area contributed by atoms with Gasteiger partial charge in [-0.05, 0) is 61.2 Å². The summed E-state index contributed by atoms with van der Waals surface area (Å²) < 4.78 is 51.2. The van der Waals surface area contributed by atoms with E-state index in [1.165, 1.54) is 12.1 Å². The topological polar surface area (TPSA) is 73.9 Å². The average Bonchev–Trinajstić information content (AvgIpc) is 3.21. The van der Waals surface area contributed by atoms with Crippen LogP contribution in [0.15, 0.2) is 60.7 Å². The van der Waals surface area contributed by atoms with Gasteiger partial charge in [-0.15, -0.1) is 13.2 Å². The van der Waals surface area contributed by atoms with Crippen LogP contribution in [-0.2, 0) is 9.53 Å². The minimum atomic E-state index is -4.80. The zero-order valence-corrected chi connectivity index (χ0v) is 18.1. The van der Waals surface area contributed by atoms with E-state index in [0.29, 0.717) is 12.2 Å². The summed E-state index contributed by atoms with van der Waals surface area (Å²) in [4.78, 5) is 25.3. The number of halogens is 3. The highest BCUT2D eigenvalue weighted by Crippen LogP contribution is 2.36. The van der Waals surface area contributed by atoms with Crippen molar-refractivity contribution in [2.75, 3.05) is 13.7 Å². The van der Waals surface area contributed by atoms with Gasteiger partial charge in [-0.1, -0.05) is 24.3 Å². The average molecular weight is 463 g/mol. The first-order valence-electron chi connectivity index (χ1n) is 10.4. The van der Waals surface area contributed by atoms with E-state index in [-0.39, 0.29) is 30.1 Å². The van der Waals surface area contributed by atoms with Crippen molar-refractivity contribution in [3.63, 3.8) is 0 Å². The molecule has 1 N–H and O–H groups in total. The Balaban J connectivity index is 1.67. The van der Waals surface area contributed by atoms with Crippen molar-refractivity contribution in [1.82, 2.24) is 5.32 Å². The SMILES string of the molecule is CCOC(=O)C(c1cccc(OC)c1)C1C=CC(NC(=O)c2ccc(OC(F)(F)F)cc2)C1. The summed E-state index contributed by atoms with van der Waals surface area (Å²) >= 11 is 0. The maximum atomic E-state index is 12.7. The lowest BCUT2D eigenvalue weighted by Crippen LogP contribution is -2.33. The van der Waals surface area contributed by atoms with Crippen molar-refractivity contribution in [3.05, 3.63) is 71.8 Å². The highest BCUT2D eigenvalue weighted by molar-refractivity contribution is 5.94. The van der Waals surface area contributed by atoms with Crippen molar-refractivity contribution in [1.29, 1.82) is 0 Å². The van der Waals surface area contributed by atoms with Crippen LogP contribution in [0.1, 0.15) is 35.2 Å². The predicted octanol–water partition coefficient (Wildman–Crippen LogP) is 4.62. The Labute approximate surface area is 189 Å². The fraction of sp³-hybridized carbons (Fsp3) is 0.333. The normalized spacial score (nSPS) is 18.5. The second kappa shape index (κ2) is 10.4. The van der Waals surface area contributed by atoms with Crippen molar-refractivity contribution in [2.45, 2.75) is 31.7 Å². The number of esters is 1. The van der Waals surface area contributed by atoms with E-state index < -0.39 is 23.9 Å². The summed E-state index contributed by atoms with van der Waals surface area (Å²) in [6.45, 7) is 1.98. The van der Waals surface area contributed by atoms with Crippen LogP contribution < -0.4 is 14.8 Å². The quantitative estimate of drug-likeness (QED) is 0.457. The van der Waals surface area contributed by atoms with Gasteiger partial charge in [-0.2, -0.15) is 0 Å². The minimum Gasteiger partial charge on any atom is -0.497 e. The Morgan fingerprint density at radius 2 is 1.82 bits per heavy atom. The van der Waals surface area contributed by atoms with Crippen LogP contribution in [0.2, 0.25) is 0 Å². The molecule has 3 atom stereocenters. The minimum absolute atomic E-state index is 0.191. The molecule has 0 aliphatic heterocycles. The van der Waals surface area contributed by atoms with E-state index in [9.17, 15) is 22.8 Å². The van der Waals surface area contributed by atoms with Crippen LogP contribution >= 0.6 is 0 Å². The molecule has 1 amide bonds. The van der Waals surface area contributed by atoms with Gasteiger partial charge >= 0.3 is 12.3 Å². The maximum absolute atomic E-state index is 12.7. The number of amides is 1. The molecule has 0 aromatic heterocycles. The number of alkyl halides is 3. The van der Waals surface area contributed by atoms with Gasteiger partial charge < -0.3 is 19.5 Å². The van der Waals surface area contributed by atoms with Gasteiger partial charge in [-0.3, -0.25) is 9.59 Å². The van der Waals surface area contributed by atoms with E-state index in [1.54, 1.807) is 38.3 Å². The van der Waals surface area contributed by atoms with Gasteiger partial charge in [0.15, 0.2) is 0 Å². The van der Waals surface area contributed by atoms with Crippen LogP contribution in [0.25, 0.3) is 0 Å². The molecule has 0 heterocycles. The summed E-state index contributed by atoms with van der Waals surface area (Å²) in [6, 6.07) is 11.5. The molecule has 0 fully saturated rings. The van der Waals surface area contributed by atoms with E-state index in [4.69, 9.17) is 9.47 Å². The third-order valence-corrected chi connectivity index (χ3v) is 5.20. The van der Waals surface area contributed by atoms with Crippen LogP contribution in [0.3, 0.4) is 0 Å². The Morgan fingerprint density at radius 3 is 2.45 bits per heavy atom. The Kier molecular flexibility index (Phi) is 7.63. The van der Waals surface area contributed by atoms with Crippen molar-refractivity contribution in [2.24, 2.45) is 5.92 Å². The second-order valence-electron chi connectivity index (χ2n) is 7.44. The molecule has 0 saturated heterocycles. The van der Waals surface area contributed by atoms with Gasteiger partial charge in [0.05, 0.1) is 19.6 Å². The highest BCUT2D eigenvalue weighted by Gasteiger charge is 2.35. The van der Waals surface area contributed by atoms with Gasteiger partial charge in [0, 0.05) is 11.6 Å². The van der Waals surface area contributed by atoms with Crippen molar-refractivity contribution < 1.29 is 37.0 Å². The number of hydrogen-bond acceptors (Lipinski definition) is 5. The molecule has 9 heteroatoms. The van der Waals surface area contributed by atoms with Crippen molar-refractivity contribution >= 4 is 11.9 Å². The summed E-state index contributed by atoms with van der Waals surface area (Å²) in [5.41, 5.74) is 0.936. The fourth-order valence-electron chi connectivity index (χ4n) is 3.77. The predicted molar refractivity (Wildman–Crippen MR) is 114 cm³/mol. The maximum Gasteiger partial charge on any atom is 0.573 e. The third kappa shape index (κ3) is 6.50. The molecular weight excluding hydrogens is 439 g/mol. The lowest BCUT2D eigenvalue weighted by Gasteiger charge is -2.23. The summed E-state index contributed by atoms with van der Waals surface area (Å²) in [5.74, 6) is -1.39. The first-order chi connectivity index (χ1) is 15.7. The number of hydrogen-bond donors (Lipinski definition) is 1. The number of nitrogens with one attached hydrogen (secondary N) is 1. The summed E-state index contributed by atoms with van der Waals surface area (Å²) in [7, 11) is 1.54. The van der Waals surface area contributed by atoms with Crippen molar-refractivity contribution in [3.8, 4) is 11.5 Å². The number of rotatable bonds is 8. The van der Waals surface area contributed by atoms with E-state index in [1.807, 2.05) is 12.1 Å². The van der Waals surface area contributed by atoms with Crippen LogP contribution in [-0.4, -0.2) is 38.0 Å². The molecule has 0 saturated carbocycles. The standard InChI is InChI=1S/C24H24F3NO5/c1-3-32-23(30)21(16-5-4-6-20(14-16)31-2)17-7-10-18(13-17)28-22(29)15-8-11-19(12-9-15)33-24(25,26)27/h4-12,14,17-18,21H,3,13H2,1-2H3,(H,28,29).